The highest BCUT2D eigenvalue weighted by Crippen LogP contribution is 2.42. The second-order valence-corrected chi connectivity index (χ2v) is 9.44. The Balaban J connectivity index is 1.64. The quantitative estimate of drug-likeness (QED) is 0.306. The van der Waals surface area contributed by atoms with Gasteiger partial charge >= 0.3 is 0 Å². The Morgan fingerprint density at radius 3 is 2.44 bits per heavy atom. The topological polar surface area (TPSA) is 33.1 Å². The summed E-state index contributed by atoms with van der Waals surface area (Å²) >= 11 is 12.0. The fraction of sp³-hybridized carbons (Fsp3) is 0.185. The summed E-state index contributed by atoms with van der Waals surface area (Å²) in [6, 6.07) is 22.8. The van der Waals surface area contributed by atoms with Crippen molar-refractivity contribution in [2.24, 2.45) is 0 Å². The van der Waals surface area contributed by atoms with Gasteiger partial charge in [-0.3, -0.25) is 4.98 Å². The first kappa shape index (κ1) is 22.6. The van der Waals surface area contributed by atoms with E-state index in [1.807, 2.05) is 35.0 Å². The van der Waals surface area contributed by atoms with Gasteiger partial charge in [0.05, 0.1) is 16.8 Å². The highest BCUT2D eigenvalue weighted by molar-refractivity contribution is 7.80. The first-order valence-corrected chi connectivity index (χ1v) is 12.0. The van der Waals surface area contributed by atoms with Crippen LogP contribution < -0.4 is 10.2 Å². The molecular weight excluding hydrogens is 467 g/mol. The summed E-state index contributed by atoms with van der Waals surface area (Å²) in [5.41, 5.74) is 4.91. The zero-order chi connectivity index (χ0) is 23.8. The van der Waals surface area contributed by atoms with E-state index >= 15 is 0 Å². The summed E-state index contributed by atoms with van der Waals surface area (Å²) in [4.78, 5) is 6.75. The maximum absolute atomic E-state index is 13.9. The minimum absolute atomic E-state index is 0.0830. The average Bonchev–Trinajstić information content (AvgIpc) is 3.45. The monoisotopic (exact) mass is 490 g/mol. The van der Waals surface area contributed by atoms with Crippen LogP contribution in [0, 0.1) is 5.82 Å². The van der Waals surface area contributed by atoms with Crippen LogP contribution in [0.2, 0.25) is 5.02 Å². The number of hydrogen-bond acceptors (Lipinski definition) is 2. The molecule has 172 valence electrons. The van der Waals surface area contributed by atoms with Crippen LogP contribution in [-0.2, 0) is 0 Å². The Bertz CT molecular complexity index is 1320. The predicted molar refractivity (Wildman–Crippen MR) is 139 cm³/mol. The second-order valence-electron chi connectivity index (χ2n) is 8.64. The number of aromatic nitrogens is 2. The van der Waals surface area contributed by atoms with Gasteiger partial charge in [-0.05, 0) is 78.3 Å². The first-order valence-electron chi connectivity index (χ1n) is 11.2. The molecule has 0 unspecified atom stereocenters. The first-order chi connectivity index (χ1) is 16.4. The van der Waals surface area contributed by atoms with E-state index in [0.717, 1.165) is 22.8 Å². The van der Waals surface area contributed by atoms with Crippen LogP contribution in [0.15, 0.2) is 85.2 Å². The van der Waals surface area contributed by atoms with Crippen LogP contribution in [0.3, 0.4) is 0 Å². The van der Waals surface area contributed by atoms with Crippen molar-refractivity contribution in [2.45, 2.75) is 31.8 Å². The lowest BCUT2D eigenvalue weighted by Gasteiger charge is -2.29. The fourth-order valence-electron chi connectivity index (χ4n) is 4.46. The molecule has 1 saturated heterocycles. The van der Waals surface area contributed by atoms with Gasteiger partial charge < -0.3 is 14.8 Å². The van der Waals surface area contributed by atoms with Crippen LogP contribution >= 0.6 is 23.8 Å². The number of thiocarbonyl (C=S) groups is 1. The minimum atomic E-state index is -0.443. The van der Waals surface area contributed by atoms with E-state index in [1.165, 1.54) is 11.6 Å². The van der Waals surface area contributed by atoms with Crippen LogP contribution in [0.4, 0.5) is 10.1 Å². The van der Waals surface area contributed by atoms with E-state index in [9.17, 15) is 4.39 Å². The fourth-order valence-corrected chi connectivity index (χ4v) is 4.98. The van der Waals surface area contributed by atoms with E-state index < -0.39 is 5.82 Å². The molecule has 4 nitrogen and oxygen atoms in total. The Morgan fingerprint density at radius 1 is 1.00 bits per heavy atom. The number of nitrogens with zero attached hydrogens (tertiary/aromatic N) is 3. The Morgan fingerprint density at radius 2 is 1.76 bits per heavy atom. The van der Waals surface area contributed by atoms with Gasteiger partial charge in [0, 0.05) is 29.5 Å². The molecule has 0 saturated carbocycles. The zero-order valence-electron chi connectivity index (χ0n) is 18.8. The Hall–Kier alpha value is -3.22. The maximum Gasteiger partial charge on any atom is 0.174 e. The van der Waals surface area contributed by atoms with Crippen molar-refractivity contribution in [1.29, 1.82) is 0 Å². The molecule has 34 heavy (non-hydrogen) atoms. The largest absolute Gasteiger partial charge is 0.351 e. The van der Waals surface area contributed by atoms with Crippen LogP contribution in [0.5, 0.6) is 0 Å². The third-order valence-corrected chi connectivity index (χ3v) is 6.80. The Kier molecular flexibility index (Phi) is 6.11. The number of anilines is 1. The molecule has 1 fully saturated rings. The van der Waals surface area contributed by atoms with Crippen LogP contribution in [0.25, 0.3) is 5.69 Å². The number of rotatable bonds is 5. The molecule has 4 aromatic rings. The minimum Gasteiger partial charge on any atom is -0.351 e. The third kappa shape index (κ3) is 4.08. The lowest BCUT2D eigenvalue weighted by atomic mass is 9.99. The molecule has 0 radical (unpaired) electrons. The average molecular weight is 491 g/mol. The van der Waals surface area contributed by atoms with Crippen molar-refractivity contribution in [3.05, 3.63) is 113 Å². The molecule has 0 aliphatic carbocycles. The summed E-state index contributed by atoms with van der Waals surface area (Å²) in [6.45, 7) is 4.36. The molecule has 2 atom stereocenters. The normalized spacial score (nSPS) is 17.9. The van der Waals surface area contributed by atoms with Gasteiger partial charge in [0.2, 0.25) is 0 Å². The van der Waals surface area contributed by atoms with E-state index in [-0.39, 0.29) is 17.1 Å². The molecule has 1 N–H and O–H groups in total. The van der Waals surface area contributed by atoms with E-state index in [1.54, 1.807) is 18.3 Å². The summed E-state index contributed by atoms with van der Waals surface area (Å²) < 4.78 is 15.9. The van der Waals surface area contributed by atoms with Crippen molar-refractivity contribution < 1.29 is 4.39 Å². The van der Waals surface area contributed by atoms with Crippen molar-refractivity contribution in [2.75, 3.05) is 4.90 Å². The third-order valence-electron chi connectivity index (χ3n) is 6.20. The van der Waals surface area contributed by atoms with E-state index in [2.05, 4.69) is 59.4 Å². The highest BCUT2D eigenvalue weighted by Gasteiger charge is 2.42. The molecule has 2 aromatic carbocycles. The van der Waals surface area contributed by atoms with Gasteiger partial charge in [0.25, 0.3) is 0 Å². The molecule has 0 bridgehead atoms. The van der Waals surface area contributed by atoms with E-state index in [0.29, 0.717) is 11.0 Å². The van der Waals surface area contributed by atoms with Crippen LogP contribution in [-0.4, -0.2) is 14.7 Å². The maximum atomic E-state index is 13.9. The highest BCUT2D eigenvalue weighted by atomic mass is 35.5. The van der Waals surface area contributed by atoms with Crippen molar-refractivity contribution in [1.82, 2.24) is 14.9 Å². The Labute approximate surface area is 209 Å². The summed E-state index contributed by atoms with van der Waals surface area (Å²) in [7, 11) is 0. The standard InChI is InChI=1S/C27H24ClFN4S/c1-17(2)18-8-10-19(11-9-18)33-26(25(31-27(33)34)23-6-3-4-14-30-23)24-7-5-15-32(24)20-12-13-22(29)21(28)16-20/h3-17,25-26H,1-2H3,(H,31,34)/t25-,26+/m0/s1. The molecule has 7 heteroatoms. The number of nitrogens with one attached hydrogen (secondary N) is 1. The summed E-state index contributed by atoms with van der Waals surface area (Å²) in [6.07, 6.45) is 3.74. The predicted octanol–water partition coefficient (Wildman–Crippen LogP) is 6.97. The molecule has 0 spiro atoms. The number of halogens is 2. The van der Waals surface area contributed by atoms with E-state index in [4.69, 9.17) is 23.8 Å². The zero-order valence-corrected chi connectivity index (χ0v) is 20.4. The SMILES string of the molecule is CC(C)c1ccc(N2C(=S)N[C@@H](c3ccccn3)[C@H]2c2cccn2-c2ccc(F)c(Cl)c2)cc1. The van der Waals surface area contributed by atoms with Gasteiger partial charge in [-0.25, -0.2) is 4.39 Å². The van der Waals surface area contributed by atoms with Gasteiger partial charge in [0.15, 0.2) is 5.11 Å². The van der Waals surface area contributed by atoms with Crippen LogP contribution in [0.1, 0.15) is 48.8 Å². The molecule has 5 rings (SSSR count). The summed E-state index contributed by atoms with van der Waals surface area (Å²) in [5.74, 6) is -0.00344. The van der Waals surface area contributed by atoms with Crippen molar-refractivity contribution in [3.63, 3.8) is 0 Å². The smallest absolute Gasteiger partial charge is 0.174 e. The molecule has 1 aliphatic rings. The molecular formula is C27H24ClFN4S. The molecule has 1 aliphatic heterocycles. The van der Waals surface area contributed by atoms with Gasteiger partial charge in [-0.2, -0.15) is 0 Å². The number of benzene rings is 2. The van der Waals surface area contributed by atoms with Gasteiger partial charge in [-0.1, -0.05) is 43.6 Å². The van der Waals surface area contributed by atoms with Crippen molar-refractivity contribution >= 4 is 34.6 Å². The number of pyridine rings is 1. The molecule has 0 amide bonds. The lowest BCUT2D eigenvalue weighted by Crippen LogP contribution is -2.30. The molecule has 3 heterocycles. The van der Waals surface area contributed by atoms with Gasteiger partial charge in [0.1, 0.15) is 11.9 Å². The molecule has 2 aromatic heterocycles. The summed E-state index contributed by atoms with van der Waals surface area (Å²) in [5, 5.41) is 4.20. The number of hydrogen-bond donors (Lipinski definition) is 1. The lowest BCUT2D eigenvalue weighted by molar-refractivity contribution is 0.549. The second kappa shape index (κ2) is 9.20. The van der Waals surface area contributed by atoms with Crippen molar-refractivity contribution in [3.8, 4) is 5.69 Å². The van der Waals surface area contributed by atoms with Gasteiger partial charge in [-0.15, -0.1) is 0 Å².